The lowest BCUT2D eigenvalue weighted by Crippen LogP contribution is -2.50. The van der Waals surface area contributed by atoms with E-state index in [-0.39, 0.29) is 17.5 Å². The molecule has 4 atom stereocenters. The number of ether oxygens (including phenoxy) is 1. The molecule has 3 fully saturated rings. The summed E-state index contributed by atoms with van der Waals surface area (Å²) in [4.78, 5) is 16.8. The number of aromatic nitrogens is 1. The summed E-state index contributed by atoms with van der Waals surface area (Å²) in [5.41, 5.74) is 5.56. The van der Waals surface area contributed by atoms with Crippen LogP contribution in [0.2, 0.25) is 5.02 Å². The molecule has 2 aromatic carbocycles. The summed E-state index contributed by atoms with van der Waals surface area (Å²) in [5.74, 6) is 0.917. The van der Waals surface area contributed by atoms with Crippen molar-refractivity contribution in [1.82, 2.24) is 20.9 Å². The zero-order valence-electron chi connectivity index (χ0n) is 27.5. The smallest absolute Gasteiger partial charge is 0.314 e. The van der Waals surface area contributed by atoms with Crippen molar-refractivity contribution in [2.45, 2.75) is 99.4 Å². The minimum atomic E-state index is -1.74. The molecule has 1 heterocycles. The molecule has 3 saturated carbocycles. The van der Waals surface area contributed by atoms with Crippen LogP contribution in [0.15, 0.2) is 60.9 Å². The van der Waals surface area contributed by atoms with E-state index >= 15 is 0 Å². The lowest BCUT2D eigenvalue weighted by Gasteiger charge is -2.25. The van der Waals surface area contributed by atoms with Crippen LogP contribution < -0.4 is 20.7 Å². The number of carbonyl (C=O) groups excluding carboxylic acids is 1. The second kappa shape index (κ2) is 15.3. The van der Waals surface area contributed by atoms with Gasteiger partial charge in [0.1, 0.15) is 24.1 Å². The number of aliphatic hydroxyl groups excluding tert-OH is 5. The quantitative estimate of drug-likeness (QED) is 0.0929. The van der Waals surface area contributed by atoms with Crippen molar-refractivity contribution < 1.29 is 35.1 Å². The van der Waals surface area contributed by atoms with Crippen LogP contribution >= 0.6 is 11.6 Å². The van der Waals surface area contributed by atoms with Gasteiger partial charge in [0.15, 0.2) is 0 Å². The highest BCUT2D eigenvalue weighted by Crippen LogP contribution is 2.53. The second-order valence-electron chi connectivity index (χ2n) is 13.8. The standard InChI is InChI=1S/C37H47ClN4O7/c38-29-9-6-24(36(12-13-36)11-3-16-40-35(48)41-21-30(44)33(46)34(47)31(45)22-43)18-23(29)19-42-37(14-15-37)28-20-39-17-10-26(28)27-4-1-2-5-32(27)49-25-7-8-25/h1-2,4-6,9-10,17-18,20,25,30-31,33-34,42-47H,3,7-8,11-16,19,21-22H2,(H2,40,41,48)/t30-,31+,33+,34+/m0/s1. The third kappa shape index (κ3) is 8.54. The van der Waals surface area contributed by atoms with Gasteiger partial charge in [-0.25, -0.2) is 4.79 Å². The fourth-order valence-corrected chi connectivity index (χ4v) is 6.73. The van der Waals surface area contributed by atoms with Gasteiger partial charge in [0.05, 0.1) is 18.8 Å². The van der Waals surface area contributed by atoms with Crippen molar-refractivity contribution in [3.63, 3.8) is 0 Å². The highest BCUT2D eigenvalue weighted by molar-refractivity contribution is 6.31. The van der Waals surface area contributed by atoms with E-state index in [2.05, 4.69) is 57.3 Å². The van der Waals surface area contributed by atoms with Crippen molar-refractivity contribution in [1.29, 1.82) is 0 Å². The molecule has 1 aromatic heterocycles. The first-order chi connectivity index (χ1) is 23.6. The molecule has 0 radical (unpaired) electrons. The first kappa shape index (κ1) is 35.5. The number of para-hydroxylation sites is 1. The molecule has 3 aromatic rings. The molecule has 3 aliphatic carbocycles. The number of benzene rings is 2. The Kier molecular flexibility index (Phi) is 11.1. The summed E-state index contributed by atoms with van der Waals surface area (Å²) in [6.45, 7) is -0.0610. The first-order valence-corrected chi connectivity index (χ1v) is 17.6. The molecule has 11 nitrogen and oxygen atoms in total. The predicted octanol–water partition coefficient (Wildman–Crippen LogP) is 3.27. The molecule has 8 N–H and O–H groups in total. The monoisotopic (exact) mass is 694 g/mol. The van der Waals surface area contributed by atoms with Gasteiger partial charge in [0, 0.05) is 48.2 Å². The van der Waals surface area contributed by atoms with E-state index in [0.717, 1.165) is 78.8 Å². The number of aliphatic hydroxyl groups is 5. The van der Waals surface area contributed by atoms with E-state index in [4.69, 9.17) is 21.4 Å². The highest BCUT2D eigenvalue weighted by Gasteiger charge is 2.46. The summed E-state index contributed by atoms with van der Waals surface area (Å²) >= 11 is 6.74. The molecule has 0 unspecified atom stereocenters. The SMILES string of the molecule is O=C(NCCCC1(c2ccc(Cl)c(CNC3(c4cnccc4-c4ccccc4OC4CC4)CC3)c2)CC1)NC[C@H](O)[C@@H](O)[C@H](O)[C@H](O)CO. The number of hydrogen-bond acceptors (Lipinski definition) is 9. The summed E-state index contributed by atoms with van der Waals surface area (Å²) in [7, 11) is 0. The Balaban J connectivity index is 1.02. The van der Waals surface area contributed by atoms with E-state index < -0.39 is 37.1 Å². The van der Waals surface area contributed by atoms with Crippen molar-refractivity contribution in [2.24, 2.45) is 0 Å². The molecule has 264 valence electrons. The zero-order valence-corrected chi connectivity index (χ0v) is 28.3. The number of carbonyl (C=O) groups is 1. The van der Waals surface area contributed by atoms with Crippen LogP contribution in [-0.2, 0) is 17.5 Å². The van der Waals surface area contributed by atoms with Gasteiger partial charge in [-0.15, -0.1) is 0 Å². The number of nitrogens with one attached hydrogen (secondary N) is 3. The lowest BCUT2D eigenvalue weighted by molar-refractivity contribution is -0.113. The fourth-order valence-electron chi connectivity index (χ4n) is 6.55. The Morgan fingerprint density at radius 2 is 1.71 bits per heavy atom. The van der Waals surface area contributed by atoms with Gasteiger partial charge in [0.2, 0.25) is 0 Å². The molecule has 12 heteroatoms. The van der Waals surface area contributed by atoms with E-state index in [1.54, 1.807) is 0 Å². The molecule has 3 aliphatic rings. The van der Waals surface area contributed by atoms with Gasteiger partial charge in [-0.3, -0.25) is 4.98 Å². The maximum absolute atomic E-state index is 12.2. The number of pyridine rings is 1. The second-order valence-corrected chi connectivity index (χ2v) is 14.2. The van der Waals surface area contributed by atoms with Crippen LogP contribution in [-0.4, -0.2) is 86.8 Å². The van der Waals surface area contributed by atoms with Crippen molar-refractivity contribution in [3.05, 3.63) is 82.6 Å². The molecule has 49 heavy (non-hydrogen) atoms. The number of hydrogen-bond donors (Lipinski definition) is 8. The number of rotatable bonds is 18. The topological polar surface area (TPSA) is 176 Å². The molecule has 0 bridgehead atoms. The van der Waals surface area contributed by atoms with E-state index in [1.807, 2.05) is 24.5 Å². The molecule has 0 spiro atoms. The van der Waals surface area contributed by atoms with E-state index in [1.165, 1.54) is 11.1 Å². The molecular weight excluding hydrogens is 648 g/mol. The Morgan fingerprint density at radius 1 is 0.959 bits per heavy atom. The summed E-state index contributed by atoms with van der Waals surface area (Å²) in [5, 5.41) is 57.8. The maximum atomic E-state index is 12.2. The van der Waals surface area contributed by atoms with Crippen LogP contribution in [0.5, 0.6) is 5.75 Å². The molecule has 6 rings (SSSR count). The normalized spacial score (nSPS) is 19.7. The largest absolute Gasteiger partial charge is 0.490 e. The van der Waals surface area contributed by atoms with Gasteiger partial charge in [-0.2, -0.15) is 0 Å². The minimum Gasteiger partial charge on any atom is -0.490 e. The number of nitrogens with zero attached hydrogens (tertiary/aromatic N) is 1. The Morgan fingerprint density at radius 3 is 2.43 bits per heavy atom. The van der Waals surface area contributed by atoms with Crippen LogP contribution in [0, 0.1) is 0 Å². The minimum absolute atomic E-state index is 0.0422. The van der Waals surface area contributed by atoms with Gasteiger partial charge in [-0.1, -0.05) is 41.9 Å². The van der Waals surface area contributed by atoms with Crippen molar-refractivity contribution >= 4 is 17.6 Å². The Bertz CT molecular complexity index is 1600. The summed E-state index contributed by atoms with van der Waals surface area (Å²) in [6.07, 6.45) is 5.52. The van der Waals surface area contributed by atoms with E-state index in [9.17, 15) is 25.2 Å². The van der Waals surface area contributed by atoms with Crippen molar-refractivity contribution in [3.8, 4) is 16.9 Å². The average Bonchev–Trinajstić information content (AvgIpc) is 4.00. The van der Waals surface area contributed by atoms with Gasteiger partial charge in [-0.05, 0) is 97.2 Å². The van der Waals surface area contributed by atoms with Crippen LogP contribution in [0.4, 0.5) is 4.79 Å². The summed E-state index contributed by atoms with van der Waals surface area (Å²) < 4.78 is 6.27. The predicted molar refractivity (Wildman–Crippen MR) is 185 cm³/mol. The van der Waals surface area contributed by atoms with Gasteiger partial charge >= 0.3 is 6.03 Å². The fraction of sp³-hybridized carbons (Fsp3) is 0.514. The van der Waals surface area contributed by atoms with Crippen LogP contribution in [0.1, 0.15) is 68.1 Å². The van der Waals surface area contributed by atoms with E-state index in [0.29, 0.717) is 19.2 Å². The maximum Gasteiger partial charge on any atom is 0.314 e. The van der Waals surface area contributed by atoms with Crippen molar-refractivity contribution in [2.75, 3.05) is 19.7 Å². The third-order valence-electron chi connectivity index (χ3n) is 10.1. The zero-order chi connectivity index (χ0) is 34.6. The van der Waals surface area contributed by atoms with Crippen LogP contribution in [0.3, 0.4) is 0 Å². The Labute approximate surface area is 291 Å². The number of amides is 2. The third-order valence-corrected chi connectivity index (χ3v) is 10.5. The summed E-state index contributed by atoms with van der Waals surface area (Å²) in [6, 6.07) is 16.1. The lowest BCUT2D eigenvalue weighted by atomic mass is 9.89. The number of urea groups is 1. The van der Waals surface area contributed by atoms with Crippen LogP contribution in [0.25, 0.3) is 11.1 Å². The average molecular weight is 695 g/mol. The first-order valence-electron chi connectivity index (χ1n) is 17.2. The number of halogens is 1. The molecule has 0 saturated heterocycles. The van der Waals surface area contributed by atoms with Gasteiger partial charge in [0.25, 0.3) is 0 Å². The highest BCUT2D eigenvalue weighted by atomic mass is 35.5. The molecular formula is C37H47ClN4O7. The molecule has 2 amide bonds. The Hall–Kier alpha value is -3.29. The van der Waals surface area contributed by atoms with Gasteiger partial charge < -0.3 is 46.2 Å². The molecule has 0 aliphatic heterocycles.